The molecule has 1 atom stereocenters. The van der Waals surface area contributed by atoms with Gasteiger partial charge in [0, 0.05) is 17.1 Å². The number of hydrogen-bond acceptors (Lipinski definition) is 3. The fourth-order valence-corrected chi connectivity index (χ4v) is 3.12. The standard InChI is InChI=1S/C21H20ClN3O3/c1-12(19-10-13-4-2-3-5-18(13)28-19)23-21(27)25-15-8-9-17(22)16(11-15)20(26)24-14-6-7-14/h2-5,8-12,14H,6-7H2,1H3,(H,24,26)(H2,23,25,27). The molecule has 28 heavy (non-hydrogen) atoms. The third-order valence-electron chi connectivity index (χ3n) is 4.60. The van der Waals surface area contributed by atoms with E-state index < -0.39 is 6.03 Å². The number of amides is 3. The predicted molar refractivity (Wildman–Crippen MR) is 109 cm³/mol. The topological polar surface area (TPSA) is 83.4 Å². The fourth-order valence-electron chi connectivity index (χ4n) is 2.92. The summed E-state index contributed by atoms with van der Waals surface area (Å²) in [7, 11) is 0. The molecule has 1 aliphatic rings. The van der Waals surface area contributed by atoms with E-state index in [-0.39, 0.29) is 18.0 Å². The van der Waals surface area contributed by atoms with Crippen LogP contribution in [-0.4, -0.2) is 18.0 Å². The lowest BCUT2D eigenvalue weighted by atomic mass is 10.2. The van der Waals surface area contributed by atoms with Crippen molar-refractivity contribution in [3.8, 4) is 0 Å². The minimum Gasteiger partial charge on any atom is -0.459 e. The summed E-state index contributed by atoms with van der Waals surface area (Å²) in [6, 6.07) is 13.9. The van der Waals surface area contributed by atoms with Gasteiger partial charge in [-0.1, -0.05) is 29.8 Å². The van der Waals surface area contributed by atoms with Crippen molar-refractivity contribution in [1.82, 2.24) is 10.6 Å². The molecule has 2 aromatic carbocycles. The molecular weight excluding hydrogens is 378 g/mol. The number of carbonyl (C=O) groups is 2. The monoisotopic (exact) mass is 397 g/mol. The molecule has 0 radical (unpaired) electrons. The molecule has 4 rings (SSSR count). The average Bonchev–Trinajstić information content (AvgIpc) is 3.37. The van der Waals surface area contributed by atoms with Crippen LogP contribution in [0.4, 0.5) is 10.5 Å². The smallest absolute Gasteiger partial charge is 0.319 e. The lowest BCUT2D eigenvalue weighted by Crippen LogP contribution is -2.31. The average molecular weight is 398 g/mol. The molecule has 6 nitrogen and oxygen atoms in total. The molecule has 3 amide bonds. The number of furan rings is 1. The normalized spacial score (nSPS) is 14.5. The van der Waals surface area contributed by atoms with Crippen LogP contribution in [-0.2, 0) is 0 Å². The van der Waals surface area contributed by atoms with E-state index in [4.69, 9.17) is 16.0 Å². The van der Waals surface area contributed by atoms with Gasteiger partial charge in [0.2, 0.25) is 0 Å². The first kappa shape index (κ1) is 18.4. The molecule has 3 aromatic rings. The van der Waals surface area contributed by atoms with Gasteiger partial charge in [0.15, 0.2) is 0 Å². The summed E-state index contributed by atoms with van der Waals surface area (Å²) in [6.07, 6.45) is 1.98. The summed E-state index contributed by atoms with van der Waals surface area (Å²) in [5.74, 6) is 0.434. The van der Waals surface area contributed by atoms with Gasteiger partial charge in [0.05, 0.1) is 16.6 Å². The van der Waals surface area contributed by atoms with Gasteiger partial charge in [-0.2, -0.15) is 0 Å². The first-order chi connectivity index (χ1) is 13.5. The van der Waals surface area contributed by atoms with Crippen LogP contribution in [0, 0.1) is 0 Å². The highest BCUT2D eigenvalue weighted by atomic mass is 35.5. The highest BCUT2D eigenvalue weighted by molar-refractivity contribution is 6.34. The van der Waals surface area contributed by atoms with Crippen molar-refractivity contribution >= 4 is 40.2 Å². The number of rotatable bonds is 5. The third kappa shape index (κ3) is 4.12. The Kier molecular flexibility index (Phi) is 4.96. The number of benzene rings is 2. The molecule has 0 saturated heterocycles. The second-order valence-corrected chi connectivity index (χ2v) is 7.36. The highest BCUT2D eigenvalue weighted by Crippen LogP contribution is 2.25. The predicted octanol–water partition coefficient (Wildman–Crippen LogP) is 4.86. The quantitative estimate of drug-likeness (QED) is 0.574. The Morgan fingerprint density at radius 1 is 1.14 bits per heavy atom. The number of para-hydroxylation sites is 1. The molecule has 1 unspecified atom stereocenters. The zero-order valence-electron chi connectivity index (χ0n) is 15.3. The zero-order valence-corrected chi connectivity index (χ0v) is 16.0. The maximum Gasteiger partial charge on any atom is 0.319 e. The highest BCUT2D eigenvalue weighted by Gasteiger charge is 2.25. The van der Waals surface area contributed by atoms with Crippen LogP contribution in [0.5, 0.6) is 0 Å². The van der Waals surface area contributed by atoms with Crippen molar-refractivity contribution in [3.63, 3.8) is 0 Å². The maximum absolute atomic E-state index is 12.4. The Labute approximate surface area is 167 Å². The van der Waals surface area contributed by atoms with Crippen molar-refractivity contribution in [2.75, 3.05) is 5.32 Å². The fraction of sp³-hybridized carbons (Fsp3) is 0.238. The van der Waals surface area contributed by atoms with Crippen LogP contribution >= 0.6 is 11.6 Å². The van der Waals surface area contributed by atoms with Gasteiger partial charge in [-0.15, -0.1) is 0 Å². The summed E-state index contributed by atoms with van der Waals surface area (Å²) in [5, 5.41) is 9.79. The molecule has 3 N–H and O–H groups in total. The molecule has 1 heterocycles. The molecule has 7 heteroatoms. The summed E-state index contributed by atoms with van der Waals surface area (Å²) in [4.78, 5) is 24.6. The number of hydrogen-bond donors (Lipinski definition) is 3. The molecule has 144 valence electrons. The second kappa shape index (κ2) is 7.56. The van der Waals surface area contributed by atoms with Gasteiger partial charge in [-0.05, 0) is 50.1 Å². The summed E-state index contributed by atoms with van der Waals surface area (Å²) >= 11 is 6.13. The first-order valence-electron chi connectivity index (χ1n) is 9.16. The Morgan fingerprint density at radius 3 is 2.68 bits per heavy atom. The number of nitrogens with one attached hydrogen (secondary N) is 3. The molecule has 0 spiro atoms. The van der Waals surface area contributed by atoms with Gasteiger partial charge in [-0.25, -0.2) is 4.79 Å². The lowest BCUT2D eigenvalue weighted by Gasteiger charge is -2.13. The van der Waals surface area contributed by atoms with Crippen LogP contribution in [0.2, 0.25) is 5.02 Å². The van der Waals surface area contributed by atoms with Crippen molar-refractivity contribution in [3.05, 3.63) is 64.9 Å². The Hall–Kier alpha value is -2.99. The van der Waals surface area contributed by atoms with E-state index in [0.29, 0.717) is 22.0 Å². The third-order valence-corrected chi connectivity index (χ3v) is 4.93. The number of carbonyl (C=O) groups excluding carboxylic acids is 2. The Morgan fingerprint density at radius 2 is 1.93 bits per heavy atom. The van der Waals surface area contributed by atoms with E-state index in [1.165, 1.54) is 0 Å². The minimum absolute atomic E-state index is 0.229. The summed E-state index contributed by atoms with van der Waals surface area (Å²) < 4.78 is 5.78. The van der Waals surface area contributed by atoms with Crippen molar-refractivity contribution in [2.45, 2.75) is 31.8 Å². The van der Waals surface area contributed by atoms with Crippen LogP contribution in [0.15, 0.2) is 52.9 Å². The summed E-state index contributed by atoms with van der Waals surface area (Å²) in [6.45, 7) is 1.84. The Bertz CT molecular complexity index is 1010. The Balaban J connectivity index is 1.42. The van der Waals surface area contributed by atoms with Crippen molar-refractivity contribution in [1.29, 1.82) is 0 Å². The van der Waals surface area contributed by atoms with E-state index >= 15 is 0 Å². The van der Waals surface area contributed by atoms with Crippen LogP contribution in [0.25, 0.3) is 11.0 Å². The first-order valence-corrected chi connectivity index (χ1v) is 9.54. The van der Waals surface area contributed by atoms with E-state index in [0.717, 1.165) is 23.8 Å². The number of anilines is 1. The van der Waals surface area contributed by atoms with Gasteiger partial charge < -0.3 is 20.4 Å². The number of halogens is 1. The van der Waals surface area contributed by atoms with Gasteiger partial charge >= 0.3 is 6.03 Å². The largest absolute Gasteiger partial charge is 0.459 e. The van der Waals surface area contributed by atoms with Crippen LogP contribution in [0.1, 0.15) is 41.9 Å². The van der Waals surface area contributed by atoms with Crippen molar-refractivity contribution < 1.29 is 14.0 Å². The van der Waals surface area contributed by atoms with E-state index in [2.05, 4.69) is 16.0 Å². The van der Waals surface area contributed by atoms with Gasteiger partial charge in [0.25, 0.3) is 5.91 Å². The lowest BCUT2D eigenvalue weighted by molar-refractivity contribution is 0.0951. The second-order valence-electron chi connectivity index (χ2n) is 6.95. The van der Waals surface area contributed by atoms with E-state index in [9.17, 15) is 9.59 Å². The van der Waals surface area contributed by atoms with Crippen LogP contribution in [0.3, 0.4) is 0 Å². The van der Waals surface area contributed by atoms with E-state index in [1.54, 1.807) is 18.2 Å². The summed E-state index contributed by atoms with van der Waals surface area (Å²) in [5.41, 5.74) is 1.60. The number of urea groups is 1. The molecule has 0 aliphatic heterocycles. The molecule has 1 aromatic heterocycles. The zero-order chi connectivity index (χ0) is 19.7. The molecule has 1 fully saturated rings. The molecule has 0 bridgehead atoms. The molecular formula is C21H20ClN3O3. The van der Waals surface area contributed by atoms with Gasteiger partial charge in [-0.3, -0.25) is 4.79 Å². The number of fused-ring (bicyclic) bond motifs is 1. The molecule has 1 aliphatic carbocycles. The van der Waals surface area contributed by atoms with Crippen molar-refractivity contribution in [2.24, 2.45) is 0 Å². The molecule has 1 saturated carbocycles. The van der Waals surface area contributed by atoms with Gasteiger partial charge in [0.1, 0.15) is 11.3 Å². The minimum atomic E-state index is -0.399. The van der Waals surface area contributed by atoms with Crippen LogP contribution < -0.4 is 16.0 Å². The SMILES string of the molecule is CC(NC(=O)Nc1ccc(Cl)c(C(=O)NC2CC2)c1)c1cc2ccccc2o1. The maximum atomic E-state index is 12.4. The van der Waals surface area contributed by atoms with E-state index in [1.807, 2.05) is 37.3 Å².